The summed E-state index contributed by atoms with van der Waals surface area (Å²) in [7, 11) is 0. The van der Waals surface area contributed by atoms with Crippen LogP contribution in [0.25, 0.3) is 0 Å². The van der Waals surface area contributed by atoms with Crippen LogP contribution in [-0.2, 0) is 0 Å². The number of halogens is 3. The number of alkyl halides is 2. The molecule has 1 rings (SSSR count). The van der Waals surface area contributed by atoms with Crippen molar-refractivity contribution in [2.75, 3.05) is 24.2 Å². The lowest BCUT2D eigenvalue weighted by Gasteiger charge is -2.16. The van der Waals surface area contributed by atoms with Gasteiger partial charge in [0.25, 0.3) is 5.92 Å². The van der Waals surface area contributed by atoms with Crippen LogP contribution in [0, 0.1) is 0 Å². The third-order valence-corrected chi connectivity index (χ3v) is 2.02. The Hall–Kier alpha value is -1.07. The third kappa shape index (κ3) is 3.53. The summed E-state index contributed by atoms with van der Waals surface area (Å²) in [4.78, 5) is 0. The van der Waals surface area contributed by atoms with Crippen molar-refractivity contribution >= 4 is 23.0 Å². The molecule has 0 aromatic heterocycles. The van der Waals surface area contributed by atoms with Crippen LogP contribution < -0.4 is 11.1 Å². The number of aliphatic hydroxyl groups excluding tert-OH is 1. The maximum Gasteiger partial charge on any atom is 0.287 e. The van der Waals surface area contributed by atoms with Gasteiger partial charge in [-0.25, -0.2) is 8.78 Å². The number of benzene rings is 1. The summed E-state index contributed by atoms with van der Waals surface area (Å²) in [5.74, 6) is -3.16. The van der Waals surface area contributed by atoms with E-state index in [2.05, 4.69) is 5.32 Å². The normalized spacial score (nSPS) is 11.5. The van der Waals surface area contributed by atoms with Gasteiger partial charge in [0, 0.05) is 5.02 Å². The first-order chi connectivity index (χ1) is 6.94. The second-order valence-corrected chi connectivity index (χ2v) is 3.54. The second-order valence-electron chi connectivity index (χ2n) is 3.10. The molecule has 3 nitrogen and oxygen atoms in total. The van der Waals surface area contributed by atoms with Crippen molar-refractivity contribution in [2.45, 2.75) is 5.92 Å². The van der Waals surface area contributed by atoms with Crippen molar-refractivity contribution in [1.29, 1.82) is 0 Å². The molecular formula is C9H11ClF2N2O. The molecule has 0 atom stereocenters. The van der Waals surface area contributed by atoms with Gasteiger partial charge in [-0.2, -0.15) is 0 Å². The van der Waals surface area contributed by atoms with Crippen LogP contribution >= 0.6 is 11.6 Å². The second kappa shape index (κ2) is 4.63. The van der Waals surface area contributed by atoms with Crippen LogP contribution in [0.15, 0.2) is 18.2 Å². The zero-order valence-electron chi connectivity index (χ0n) is 7.80. The maximum absolute atomic E-state index is 12.7. The van der Waals surface area contributed by atoms with E-state index >= 15 is 0 Å². The Morgan fingerprint density at radius 2 is 2.13 bits per heavy atom. The summed E-state index contributed by atoms with van der Waals surface area (Å²) in [6.45, 7) is -1.87. The van der Waals surface area contributed by atoms with E-state index in [1.807, 2.05) is 0 Å². The van der Waals surface area contributed by atoms with Crippen LogP contribution in [0.3, 0.4) is 0 Å². The Morgan fingerprint density at radius 3 is 2.67 bits per heavy atom. The number of nitrogens with two attached hydrogens (primary N) is 1. The lowest BCUT2D eigenvalue weighted by Crippen LogP contribution is -2.31. The molecule has 15 heavy (non-hydrogen) atoms. The molecule has 0 bridgehead atoms. The molecular weight excluding hydrogens is 226 g/mol. The van der Waals surface area contributed by atoms with Crippen molar-refractivity contribution in [1.82, 2.24) is 0 Å². The Labute approximate surface area is 90.8 Å². The number of anilines is 2. The molecule has 0 radical (unpaired) electrons. The van der Waals surface area contributed by atoms with Gasteiger partial charge in [0.2, 0.25) is 0 Å². The van der Waals surface area contributed by atoms with E-state index in [4.69, 9.17) is 22.4 Å². The van der Waals surface area contributed by atoms with Gasteiger partial charge >= 0.3 is 0 Å². The highest BCUT2D eigenvalue weighted by atomic mass is 35.5. The van der Waals surface area contributed by atoms with E-state index in [1.165, 1.54) is 18.2 Å². The lowest BCUT2D eigenvalue weighted by molar-refractivity contribution is -0.0372. The zero-order valence-corrected chi connectivity index (χ0v) is 8.56. The zero-order chi connectivity index (χ0) is 11.5. The molecule has 0 spiro atoms. The van der Waals surface area contributed by atoms with Gasteiger partial charge in [0.05, 0.1) is 17.9 Å². The predicted octanol–water partition coefficient (Wildman–Crippen LogP) is 1.96. The molecule has 0 amide bonds. The smallest absolute Gasteiger partial charge is 0.287 e. The fourth-order valence-corrected chi connectivity index (χ4v) is 1.16. The average molecular weight is 237 g/mol. The van der Waals surface area contributed by atoms with Crippen LogP contribution in [0.4, 0.5) is 20.2 Å². The van der Waals surface area contributed by atoms with Gasteiger partial charge in [-0.3, -0.25) is 0 Å². The number of nitrogen functional groups attached to an aromatic ring is 1. The van der Waals surface area contributed by atoms with Gasteiger partial charge in [0.1, 0.15) is 6.61 Å². The summed E-state index contributed by atoms with van der Waals surface area (Å²) in [5, 5.41) is 11.2. The van der Waals surface area contributed by atoms with Crippen LogP contribution in [0.2, 0.25) is 5.02 Å². The van der Waals surface area contributed by atoms with E-state index in [0.717, 1.165) is 0 Å². The molecule has 0 saturated heterocycles. The highest BCUT2D eigenvalue weighted by Crippen LogP contribution is 2.23. The minimum absolute atomic E-state index is 0.288. The molecule has 6 heteroatoms. The van der Waals surface area contributed by atoms with Crippen molar-refractivity contribution in [2.24, 2.45) is 0 Å². The average Bonchev–Trinajstić information content (AvgIpc) is 2.16. The van der Waals surface area contributed by atoms with E-state index in [-0.39, 0.29) is 5.69 Å². The molecule has 0 aliphatic rings. The fourth-order valence-electron chi connectivity index (χ4n) is 0.975. The molecule has 4 N–H and O–H groups in total. The van der Waals surface area contributed by atoms with Crippen molar-refractivity contribution in [3.8, 4) is 0 Å². The molecule has 0 aliphatic carbocycles. The van der Waals surface area contributed by atoms with Crippen LogP contribution in [0.5, 0.6) is 0 Å². The van der Waals surface area contributed by atoms with Crippen LogP contribution in [-0.4, -0.2) is 24.2 Å². The Kier molecular flexibility index (Phi) is 3.71. The largest absolute Gasteiger partial charge is 0.397 e. The summed E-state index contributed by atoms with van der Waals surface area (Å²) < 4.78 is 25.3. The van der Waals surface area contributed by atoms with Gasteiger partial charge < -0.3 is 16.2 Å². The van der Waals surface area contributed by atoms with E-state index in [9.17, 15) is 8.78 Å². The predicted molar refractivity (Wildman–Crippen MR) is 56.4 cm³/mol. The Bertz CT molecular complexity index is 347. The number of nitrogens with one attached hydrogen (secondary N) is 1. The summed E-state index contributed by atoms with van der Waals surface area (Å²) >= 11 is 5.64. The highest BCUT2D eigenvalue weighted by molar-refractivity contribution is 6.31. The van der Waals surface area contributed by atoms with Gasteiger partial charge in [-0.05, 0) is 18.2 Å². The van der Waals surface area contributed by atoms with E-state index in [0.29, 0.717) is 10.7 Å². The number of hydrogen-bond acceptors (Lipinski definition) is 3. The first-order valence-corrected chi connectivity index (χ1v) is 4.60. The highest BCUT2D eigenvalue weighted by Gasteiger charge is 2.27. The van der Waals surface area contributed by atoms with E-state index < -0.39 is 19.1 Å². The summed E-state index contributed by atoms with van der Waals surface area (Å²) in [6, 6.07) is 4.50. The minimum atomic E-state index is -3.16. The first kappa shape index (κ1) is 12.0. The molecule has 0 heterocycles. The molecule has 1 aromatic carbocycles. The first-order valence-electron chi connectivity index (χ1n) is 4.22. The van der Waals surface area contributed by atoms with Crippen LogP contribution in [0.1, 0.15) is 0 Å². The summed E-state index contributed by atoms with van der Waals surface area (Å²) in [5.41, 5.74) is 6.19. The Morgan fingerprint density at radius 1 is 1.47 bits per heavy atom. The monoisotopic (exact) mass is 236 g/mol. The van der Waals surface area contributed by atoms with Crippen molar-refractivity contribution in [3.05, 3.63) is 23.2 Å². The molecule has 0 aliphatic heterocycles. The molecule has 84 valence electrons. The standard InChI is InChI=1S/C9H11ClF2N2O/c10-6-1-2-8(7(13)3-6)14-4-9(11,12)5-15/h1-3,14-15H,4-5,13H2. The van der Waals surface area contributed by atoms with Crippen molar-refractivity contribution < 1.29 is 13.9 Å². The Balaban J connectivity index is 2.66. The van der Waals surface area contributed by atoms with Gasteiger partial charge in [0.15, 0.2) is 0 Å². The third-order valence-electron chi connectivity index (χ3n) is 1.78. The van der Waals surface area contributed by atoms with Gasteiger partial charge in [-0.15, -0.1) is 0 Å². The number of rotatable bonds is 4. The van der Waals surface area contributed by atoms with Gasteiger partial charge in [-0.1, -0.05) is 11.6 Å². The topological polar surface area (TPSA) is 58.3 Å². The molecule has 0 fully saturated rings. The quantitative estimate of drug-likeness (QED) is 0.701. The number of aliphatic hydroxyl groups is 1. The minimum Gasteiger partial charge on any atom is -0.397 e. The number of hydrogen-bond donors (Lipinski definition) is 3. The SMILES string of the molecule is Nc1cc(Cl)ccc1NCC(F)(F)CO. The molecule has 0 unspecified atom stereocenters. The lowest BCUT2D eigenvalue weighted by atomic mass is 10.2. The molecule has 0 saturated carbocycles. The summed E-state index contributed by atoms with van der Waals surface area (Å²) in [6.07, 6.45) is 0. The maximum atomic E-state index is 12.7. The molecule has 1 aromatic rings. The van der Waals surface area contributed by atoms with E-state index in [1.54, 1.807) is 0 Å². The van der Waals surface area contributed by atoms with Crippen molar-refractivity contribution in [3.63, 3.8) is 0 Å². The fraction of sp³-hybridized carbons (Fsp3) is 0.333.